The number of carboxylic acid groups (broad SMARTS) is 1. The number of methoxy groups -OCH3 is 2. The van der Waals surface area contributed by atoms with Crippen molar-refractivity contribution in [3.05, 3.63) is 155 Å². The number of aliphatic carboxylic acids is 1. The molecule has 0 aliphatic carbocycles. The van der Waals surface area contributed by atoms with Gasteiger partial charge in [-0.25, -0.2) is 4.79 Å². The number of fused-ring (bicyclic) bond motifs is 2. The molecule has 328 valence electrons. The van der Waals surface area contributed by atoms with E-state index >= 15 is 0 Å². The zero-order valence-electron chi connectivity index (χ0n) is 32.7. The average Bonchev–Trinajstić information content (AvgIpc) is 3.92. The second-order valence-electron chi connectivity index (χ2n) is 12.7. The molecule has 8 rings (SSSR count). The van der Waals surface area contributed by atoms with Gasteiger partial charge in [0.25, 0.3) is 0 Å². The third kappa shape index (κ3) is 12.5. The second-order valence-corrected chi connectivity index (χ2v) is 14.5. The molecule has 17 heteroatoms. The summed E-state index contributed by atoms with van der Waals surface area (Å²) in [4.78, 5) is 25.6. The zero-order valence-corrected chi connectivity index (χ0v) is 35.8. The number of hydrogen-bond acceptors (Lipinski definition) is 11. The minimum absolute atomic E-state index is 0. The zero-order chi connectivity index (χ0) is 43.5. The number of phenolic OH excluding ortho intramolecular Hbond substituents is 1. The lowest BCUT2D eigenvalue weighted by Crippen LogP contribution is -2.19. The molecule has 6 aromatic carbocycles. The number of ether oxygens (including phenoxy) is 4. The Kier molecular flexibility index (Phi) is 17.8. The molecular weight excluding hydrogens is 915 g/mol. The number of rotatable bonds is 11. The Bertz CT molecular complexity index is 2680. The summed E-state index contributed by atoms with van der Waals surface area (Å²) in [6, 6.07) is 38.4. The van der Waals surface area contributed by atoms with E-state index in [1.165, 1.54) is 9.59 Å². The molecule has 8 aromatic rings. The number of nitrogens with zero attached hydrogens (tertiary/aromatic N) is 6. The maximum Gasteiger partial charge on any atom is 0.349 e. The van der Waals surface area contributed by atoms with Crippen LogP contribution in [-0.2, 0) is 14.3 Å². The van der Waals surface area contributed by atoms with Crippen molar-refractivity contribution < 1.29 is 38.7 Å². The Hall–Kier alpha value is -6.68. The number of carbonyl (C=O) groups excluding carboxylic acids is 1. The predicted molar refractivity (Wildman–Crippen MR) is 248 cm³/mol. The van der Waals surface area contributed by atoms with Gasteiger partial charge in [0.2, 0.25) is 6.10 Å². The van der Waals surface area contributed by atoms with Gasteiger partial charge in [0.05, 0.1) is 20.8 Å². The number of alkyl halides is 1. The molecule has 0 aliphatic rings. The molecule has 0 aliphatic heterocycles. The summed E-state index contributed by atoms with van der Waals surface area (Å²) in [7, 11) is 3.11. The minimum atomic E-state index is -1.23. The van der Waals surface area contributed by atoms with Crippen LogP contribution in [0.1, 0.15) is 43.8 Å². The van der Waals surface area contributed by atoms with Gasteiger partial charge in [-0.05, 0) is 85.3 Å². The summed E-state index contributed by atoms with van der Waals surface area (Å²) >= 11 is 14.9. The van der Waals surface area contributed by atoms with E-state index in [1.54, 1.807) is 106 Å². The highest BCUT2D eigenvalue weighted by Crippen LogP contribution is 2.32. The molecule has 2 heterocycles. The van der Waals surface area contributed by atoms with Crippen LogP contribution < -0.4 is 14.2 Å². The standard InChI is InChI=1S/C21H16ClN3O4.C13H11N3O2.C10H10BrClO2.2CH4/c1-28-15-10-11-19(29-20(21(26)27)13-6-8-14(22)9-7-13)18(12-15)25-23-16-4-2-3-5-17(16)24-25;1-18-9-6-7-13(17)12(8-9)16-14-10-4-2-3-5-11(10)15-16;1-2-14-10(13)9(11)7-3-5-8(12)6-4-7;;/h2-12,20H,1H3,(H,26,27);2-8,17H,1H3;3-6,9H,2H2,1H3;2*1H4. The molecule has 0 saturated carbocycles. The van der Waals surface area contributed by atoms with Crippen LogP contribution in [0.25, 0.3) is 33.4 Å². The van der Waals surface area contributed by atoms with Gasteiger partial charge in [-0.2, -0.15) is 0 Å². The number of halogens is 3. The topological polar surface area (TPSA) is 173 Å². The molecule has 2 unspecified atom stereocenters. The van der Waals surface area contributed by atoms with Gasteiger partial charge in [0.1, 0.15) is 61.3 Å². The fourth-order valence-electron chi connectivity index (χ4n) is 5.61. The van der Waals surface area contributed by atoms with Crippen molar-refractivity contribution in [2.24, 2.45) is 0 Å². The van der Waals surface area contributed by atoms with Gasteiger partial charge in [0, 0.05) is 27.7 Å². The lowest BCUT2D eigenvalue weighted by molar-refractivity contribution is -0.145. The van der Waals surface area contributed by atoms with E-state index in [1.807, 2.05) is 48.5 Å². The van der Waals surface area contributed by atoms with Crippen LogP contribution in [0.2, 0.25) is 10.0 Å². The first kappa shape index (κ1) is 49.0. The van der Waals surface area contributed by atoms with Crippen molar-refractivity contribution in [3.8, 4) is 34.4 Å². The van der Waals surface area contributed by atoms with Gasteiger partial charge < -0.3 is 29.2 Å². The molecule has 2 N–H and O–H groups in total. The van der Waals surface area contributed by atoms with Crippen LogP contribution in [0.15, 0.2) is 133 Å². The van der Waals surface area contributed by atoms with Gasteiger partial charge in [0.15, 0.2) is 0 Å². The first-order valence-electron chi connectivity index (χ1n) is 18.4. The average molecular weight is 961 g/mol. The quantitative estimate of drug-likeness (QED) is 0.0929. The smallest absolute Gasteiger partial charge is 0.349 e. The first-order valence-corrected chi connectivity index (χ1v) is 20.1. The molecule has 0 amide bonds. The van der Waals surface area contributed by atoms with Crippen molar-refractivity contribution in [2.45, 2.75) is 32.7 Å². The molecule has 0 saturated heterocycles. The number of aromatic hydroxyl groups is 1. The fourth-order valence-corrected chi connectivity index (χ4v) is 6.30. The predicted octanol–water partition coefficient (Wildman–Crippen LogP) is 11.0. The van der Waals surface area contributed by atoms with Crippen LogP contribution in [0, 0.1) is 0 Å². The summed E-state index contributed by atoms with van der Waals surface area (Å²) in [5.41, 5.74) is 5.21. The Labute approximate surface area is 382 Å². The Balaban J connectivity index is 0.000000221. The molecule has 0 bridgehead atoms. The number of aromatic nitrogens is 6. The largest absolute Gasteiger partial charge is 0.506 e. The molecule has 2 atom stereocenters. The van der Waals surface area contributed by atoms with Crippen molar-refractivity contribution in [1.82, 2.24) is 30.0 Å². The minimum Gasteiger partial charge on any atom is -0.506 e. The van der Waals surface area contributed by atoms with E-state index in [9.17, 15) is 19.8 Å². The molecule has 0 fully saturated rings. The molecule has 2 aromatic heterocycles. The van der Waals surface area contributed by atoms with Gasteiger partial charge in [-0.15, -0.1) is 30.0 Å². The Morgan fingerprint density at radius 3 is 1.52 bits per heavy atom. The van der Waals surface area contributed by atoms with Crippen molar-refractivity contribution in [2.75, 3.05) is 20.8 Å². The van der Waals surface area contributed by atoms with Gasteiger partial charge >= 0.3 is 11.9 Å². The Morgan fingerprint density at radius 2 is 1.08 bits per heavy atom. The van der Waals surface area contributed by atoms with Gasteiger partial charge in [-0.3, -0.25) is 4.79 Å². The highest BCUT2D eigenvalue weighted by molar-refractivity contribution is 9.09. The molecule has 63 heavy (non-hydrogen) atoms. The lowest BCUT2D eigenvalue weighted by atomic mass is 10.1. The number of carbonyl (C=O) groups is 2. The molecule has 0 spiro atoms. The van der Waals surface area contributed by atoms with Crippen molar-refractivity contribution in [1.29, 1.82) is 0 Å². The Morgan fingerprint density at radius 1 is 0.651 bits per heavy atom. The third-order valence-electron chi connectivity index (χ3n) is 8.65. The number of esters is 1. The normalized spacial score (nSPS) is 11.3. The summed E-state index contributed by atoms with van der Waals surface area (Å²) in [5, 5.41) is 38.3. The molecule has 14 nitrogen and oxygen atoms in total. The number of carboxylic acids is 1. The summed E-state index contributed by atoms with van der Waals surface area (Å²) in [5.74, 6) is 0.197. The summed E-state index contributed by atoms with van der Waals surface area (Å²) in [6.07, 6.45) is -1.23. The van der Waals surface area contributed by atoms with E-state index in [0.29, 0.717) is 61.9 Å². The van der Waals surface area contributed by atoms with E-state index < -0.39 is 16.9 Å². The lowest BCUT2D eigenvalue weighted by Gasteiger charge is -2.18. The van der Waals surface area contributed by atoms with Crippen LogP contribution in [-0.4, -0.2) is 73.0 Å². The SMILES string of the molecule is C.C.CCOC(=O)C(Br)c1ccc(Cl)cc1.COc1ccc(O)c(-n2nc3ccccc3n2)c1.COc1ccc(OC(C(=O)O)c2ccc(Cl)cc2)c(-n2nc3ccccc3n2)c1. The third-order valence-corrected chi connectivity index (χ3v) is 10.1. The number of phenols is 1. The maximum absolute atomic E-state index is 11.9. The molecule has 0 radical (unpaired) electrons. The molecular formula is C46H45BrCl2N6O8. The van der Waals surface area contributed by atoms with Crippen LogP contribution in [0.3, 0.4) is 0 Å². The van der Waals surface area contributed by atoms with Crippen LogP contribution in [0.4, 0.5) is 0 Å². The van der Waals surface area contributed by atoms with E-state index in [2.05, 4.69) is 36.3 Å². The van der Waals surface area contributed by atoms with Crippen LogP contribution >= 0.6 is 39.1 Å². The number of hydrogen-bond donors (Lipinski definition) is 2. The van der Waals surface area contributed by atoms with E-state index in [0.717, 1.165) is 16.6 Å². The highest BCUT2D eigenvalue weighted by atomic mass is 79.9. The maximum atomic E-state index is 11.9. The monoisotopic (exact) mass is 958 g/mol. The van der Waals surface area contributed by atoms with Crippen molar-refractivity contribution in [3.63, 3.8) is 0 Å². The van der Waals surface area contributed by atoms with E-state index in [4.69, 9.17) is 42.1 Å². The fraction of sp³-hybridized carbons (Fsp3) is 0.174. The second kappa shape index (κ2) is 23.0. The summed E-state index contributed by atoms with van der Waals surface area (Å²) < 4.78 is 21.2. The highest BCUT2D eigenvalue weighted by Gasteiger charge is 2.25. The number of benzene rings is 6. The van der Waals surface area contributed by atoms with Gasteiger partial charge in [-0.1, -0.05) is 103 Å². The van der Waals surface area contributed by atoms with Crippen molar-refractivity contribution >= 4 is 73.1 Å². The first-order chi connectivity index (χ1) is 29.5. The van der Waals surface area contributed by atoms with E-state index in [-0.39, 0.29) is 26.6 Å². The summed E-state index contributed by atoms with van der Waals surface area (Å²) in [6.45, 7) is 2.16. The van der Waals surface area contributed by atoms with Crippen LogP contribution in [0.5, 0.6) is 23.0 Å².